The second-order valence-corrected chi connectivity index (χ2v) is 6.39. The van der Waals surface area contributed by atoms with E-state index in [1.54, 1.807) is 11.0 Å². The fourth-order valence-electron chi connectivity index (χ4n) is 3.05. The van der Waals surface area contributed by atoms with Crippen molar-refractivity contribution in [3.63, 3.8) is 0 Å². The standard InChI is InChI=1S/C19H22N6O/c1-12-8-17(20)24-14(3)18(12)15-4-6-16(7-5-15)19(26)23-13(2)9-25-11-21-10-22-25/h4-8,10-11,13H,9H2,1-3H3,(H2,20,24)(H,23,26)/t13-/m1/s1. The molecule has 3 rings (SSSR count). The van der Waals surface area contributed by atoms with Crippen LogP contribution >= 0.6 is 0 Å². The SMILES string of the molecule is Cc1cc(N)nc(C)c1-c1ccc(C(=O)N[C@H](C)Cn2cncn2)cc1. The van der Waals surface area contributed by atoms with Crippen molar-refractivity contribution in [1.29, 1.82) is 0 Å². The van der Waals surface area contributed by atoms with Gasteiger partial charge in [0.15, 0.2) is 0 Å². The van der Waals surface area contributed by atoms with E-state index in [4.69, 9.17) is 5.73 Å². The monoisotopic (exact) mass is 350 g/mol. The summed E-state index contributed by atoms with van der Waals surface area (Å²) in [5.41, 5.74) is 10.4. The van der Waals surface area contributed by atoms with E-state index in [1.807, 2.05) is 51.1 Å². The van der Waals surface area contributed by atoms with Crippen molar-refractivity contribution in [2.75, 3.05) is 5.73 Å². The van der Waals surface area contributed by atoms with Gasteiger partial charge in [0.25, 0.3) is 5.91 Å². The molecule has 3 N–H and O–H groups in total. The molecule has 2 heterocycles. The van der Waals surface area contributed by atoms with E-state index in [2.05, 4.69) is 20.4 Å². The third-order valence-corrected chi connectivity index (χ3v) is 4.16. The van der Waals surface area contributed by atoms with Crippen molar-refractivity contribution in [3.8, 4) is 11.1 Å². The summed E-state index contributed by atoms with van der Waals surface area (Å²) < 4.78 is 1.69. The van der Waals surface area contributed by atoms with Crippen LogP contribution in [0.25, 0.3) is 11.1 Å². The zero-order chi connectivity index (χ0) is 18.7. The number of nitrogens with two attached hydrogens (primary N) is 1. The molecule has 1 amide bonds. The molecule has 134 valence electrons. The van der Waals surface area contributed by atoms with Crippen molar-refractivity contribution < 1.29 is 4.79 Å². The highest BCUT2D eigenvalue weighted by Crippen LogP contribution is 2.27. The van der Waals surface area contributed by atoms with Gasteiger partial charge in [-0.2, -0.15) is 5.10 Å². The zero-order valence-electron chi connectivity index (χ0n) is 15.1. The minimum atomic E-state index is -0.118. The van der Waals surface area contributed by atoms with E-state index in [-0.39, 0.29) is 11.9 Å². The molecule has 0 saturated carbocycles. The van der Waals surface area contributed by atoms with Gasteiger partial charge in [0.1, 0.15) is 18.5 Å². The topological polar surface area (TPSA) is 98.7 Å². The Balaban J connectivity index is 1.72. The quantitative estimate of drug-likeness (QED) is 0.736. The second-order valence-electron chi connectivity index (χ2n) is 6.39. The van der Waals surface area contributed by atoms with Crippen LogP contribution in [0.3, 0.4) is 0 Å². The molecule has 1 atom stereocenters. The molecule has 0 aliphatic heterocycles. The van der Waals surface area contributed by atoms with Crippen LogP contribution in [0, 0.1) is 13.8 Å². The summed E-state index contributed by atoms with van der Waals surface area (Å²) in [4.78, 5) is 20.6. The average Bonchev–Trinajstić information content (AvgIpc) is 3.07. The molecular weight excluding hydrogens is 328 g/mol. The molecule has 0 spiro atoms. The fourth-order valence-corrected chi connectivity index (χ4v) is 3.05. The minimum absolute atomic E-state index is 0.0605. The Morgan fingerprint density at radius 2 is 2.00 bits per heavy atom. The summed E-state index contributed by atoms with van der Waals surface area (Å²) in [5.74, 6) is 0.397. The van der Waals surface area contributed by atoms with Crippen LogP contribution in [-0.4, -0.2) is 31.7 Å². The Morgan fingerprint density at radius 1 is 1.27 bits per heavy atom. The number of amides is 1. The first-order valence-corrected chi connectivity index (χ1v) is 8.41. The van der Waals surface area contributed by atoms with Crippen LogP contribution in [0.1, 0.15) is 28.5 Å². The van der Waals surface area contributed by atoms with Gasteiger partial charge in [-0.1, -0.05) is 12.1 Å². The van der Waals surface area contributed by atoms with Crippen LogP contribution in [0.5, 0.6) is 0 Å². The van der Waals surface area contributed by atoms with E-state index in [9.17, 15) is 4.79 Å². The summed E-state index contributed by atoms with van der Waals surface area (Å²) in [6, 6.07) is 9.31. The maximum absolute atomic E-state index is 12.4. The molecule has 7 nitrogen and oxygen atoms in total. The smallest absolute Gasteiger partial charge is 0.251 e. The summed E-state index contributed by atoms with van der Waals surface area (Å²) in [6.07, 6.45) is 3.10. The number of aromatic nitrogens is 4. The van der Waals surface area contributed by atoms with Gasteiger partial charge in [0.05, 0.1) is 6.54 Å². The Hall–Kier alpha value is -3.22. The first kappa shape index (κ1) is 17.6. The molecule has 0 radical (unpaired) electrons. The number of nitrogens with one attached hydrogen (secondary N) is 1. The fraction of sp³-hybridized carbons (Fsp3) is 0.263. The predicted molar refractivity (Wildman–Crippen MR) is 101 cm³/mol. The summed E-state index contributed by atoms with van der Waals surface area (Å²) in [6.45, 7) is 6.44. The molecule has 7 heteroatoms. The number of carbonyl (C=O) groups is 1. The third-order valence-electron chi connectivity index (χ3n) is 4.16. The van der Waals surface area contributed by atoms with Crippen LogP contribution < -0.4 is 11.1 Å². The lowest BCUT2D eigenvalue weighted by Crippen LogP contribution is -2.35. The molecule has 0 aliphatic carbocycles. The van der Waals surface area contributed by atoms with Gasteiger partial charge in [0.2, 0.25) is 0 Å². The molecular formula is C19H22N6O. The number of pyridine rings is 1. The second kappa shape index (κ2) is 7.35. The Kier molecular flexibility index (Phi) is 4.97. The van der Waals surface area contributed by atoms with Crippen molar-refractivity contribution in [2.24, 2.45) is 0 Å². The molecule has 0 bridgehead atoms. The molecule has 3 aromatic rings. The lowest BCUT2D eigenvalue weighted by Gasteiger charge is -2.14. The van der Waals surface area contributed by atoms with Gasteiger partial charge in [-0.05, 0) is 50.1 Å². The molecule has 2 aromatic heterocycles. The first-order valence-electron chi connectivity index (χ1n) is 8.41. The zero-order valence-corrected chi connectivity index (χ0v) is 15.1. The van der Waals surface area contributed by atoms with Gasteiger partial charge in [-0.3, -0.25) is 9.48 Å². The van der Waals surface area contributed by atoms with E-state index in [0.717, 1.165) is 22.4 Å². The highest BCUT2D eigenvalue weighted by atomic mass is 16.1. The number of rotatable bonds is 5. The predicted octanol–water partition coefficient (Wildman–Crippen LogP) is 2.36. The molecule has 0 saturated heterocycles. The Morgan fingerprint density at radius 3 is 2.62 bits per heavy atom. The normalized spacial score (nSPS) is 12.0. The number of aryl methyl sites for hydroxylation is 2. The average molecular weight is 350 g/mol. The lowest BCUT2D eigenvalue weighted by molar-refractivity contribution is 0.0936. The van der Waals surface area contributed by atoms with Crippen LogP contribution in [-0.2, 0) is 6.54 Å². The van der Waals surface area contributed by atoms with Gasteiger partial charge >= 0.3 is 0 Å². The summed E-state index contributed by atoms with van der Waals surface area (Å²) in [7, 11) is 0. The van der Waals surface area contributed by atoms with Crippen molar-refractivity contribution in [1.82, 2.24) is 25.1 Å². The highest BCUT2D eigenvalue weighted by Gasteiger charge is 2.12. The van der Waals surface area contributed by atoms with Crippen molar-refractivity contribution in [3.05, 3.63) is 59.8 Å². The van der Waals surface area contributed by atoms with Crippen LogP contribution in [0.2, 0.25) is 0 Å². The largest absolute Gasteiger partial charge is 0.384 e. The van der Waals surface area contributed by atoms with Gasteiger partial charge < -0.3 is 11.1 Å². The molecule has 0 fully saturated rings. The van der Waals surface area contributed by atoms with Crippen molar-refractivity contribution in [2.45, 2.75) is 33.4 Å². The van der Waals surface area contributed by atoms with Gasteiger partial charge in [0, 0.05) is 22.9 Å². The highest BCUT2D eigenvalue weighted by molar-refractivity contribution is 5.95. The van der Waals surface area contributed by atoms with Gasteiger partial charge in [-0.15, -0.1) is 0 Å². The summed E-state index contributed by atoms with van der Waals surface area (Å²) >= 11 is 0. The third kappa shape index (κ3) is 3.88. The molecule has 26 heavy (non-hydrogen) atoms. The lowest BCUT2D eigenvalue weighted by atomic mass is 9.98. The number of hydrogen-bond acceptors (Lipinski definition) is 5. The number of benzene rings is 1. The molecule has 0 aliphatic rings. The van der Waals surface area contributed by atoms with E-state index in [0.29, 0.717) is 17.9 Å². The van der Waals surface area contributed by atoms with E-state index < -0.39 is 0 Å². The molecule has 1 aromatic carbocycles. The number of hydrogen-bond donors (Lipinski definition) is 2. The molecule has 0 unspecified atom stereocenters. The Labute approximate surface area is 152 Å². The maximum atomic E-state index is 12.4. The van der Waals surface area contributed by atoms with Crippen LogP contribution in [0.15, 0.2) is 43.0 Å². The number of anilines is 1. The number of carbonyl (C=O) groups excluding carboxylic acids is 1. The van der Waals surface area contributed by atoms with E-state index in [1.165, 1.54) is 6.33 Å². The Bertz CT molecular complexity index is 879. The van der Waals surface area contributed by atoms with Crippen LogP contribution in [0.4, 0.5) is 5.82 Å². The maximum Gasteiger partial charge on any atom is 0.251 e. The number of nitrogens with zero attached hydrogens (tertiary/aromatic N) is 4. The summed E-state index contributed by atoms with van der Waals surface area (Å²) in [5, 5.41) is 7.01. The van der Waals surface area contributed by atoms with E-state index >= 15 is 0 Å². The minimum Gasteiger partial charge on any atom is -0.384 e. The first-order chi connectivity index (χ1) is 12.4. The van der Waals surface area contributed by atoms with Crippen molar-refractivity contribution >= 4 is 11.7 Å². The van der Waals surface area contributed by atoms with Gasteiger partial charge in [-0.25, -0.2) is 9.97 Å². The number of nitrogen functional groups attached to an aromatic ring is 1.